The van der Waals surface area contributed by atoms with Gasteiger partial charge >= 0.3 is 0 Å². The number of nitrogens with zero attached hydrogens (tertiary/aromatic N) is 1. The average Bonchev–Trinajstić information content (AvgIpc) is 2.63. The van der Waals surface area contributed by atoms with E-state index < -0.39 is 5.60 Å². The number of aliphatic hydroxyl groups is 1. The Bertz CT molecular complexity index is 712. The van der Waals surface area contributed by atoms with Gasteiger partial charge < -0.3 is 19.5 Å². The van der Waals surface area contributed by atoms with Gasteiger partial charge in [-0.05, 0) is 43.3 Å². The lowest BCUT2D eigenvalue weighted by Crippen LogP contribution is -2.58. The van der Waals surface area contributed by atoms with Crippen molar-refractivity contribution in [2.45, 2.75) is 25.0 Å². The molecular weight excluding hydrogens is 318 g/mol. The Morgan fingerprint density at radius 3 is 2.40 bits per heavy atom. The van der Waals surface area contributed by atoms with Crippen LogP contribution in [0.15, 0.2) is 54.6 Å². The Hall–Kier alpha value is -2.53. The smallest absolute Gasteiger partial charge is 0.253 e. The molecular formula is C20H23NO4. The SMILES string of the molecule is COc1ccc(C(=O)N2CC[C@H](Oc3ccccc3)[C@@](C)(O)C2)cc1. The molecule has 0 aliphatic carbocycles. The largest absolute Gasteiger partial charge is 0.497 e. The molecule has 1 heterocycles. The molecule has 2 aromatic rings. The first-order valence-corrected chi connectivity index (χ1v) is 8.37. The zero-order chi connectivity index (χ0) is 17.9. The maximum absolute atomic E-state index is 12.7. The second-order valence-corrected chi connectivity index (χ2v) is 6.52. The highest BCUT2D eigenvalue weighted by Gasteiger charge is 2.41. The predicted octanol–water partition coefficient (Wildman–Crippen LogP) is 2.74. The number of piperidine rings is 1. The van der Waals surface area contributed by atoms with Crippen LogP contribution in [0.4, 0.5) is 0 Å². The highest BCUT2D eigenvalue weighted by molar-refractivity contribution is 5.94. The summed E-state index contributed by atoms with van der Waals surface area (Å²) in [6.07, 6.45) is 0.221. The van der Waals surface area contributed by atoms with Gasteiger partial charge in [-0.1, -0.05) is 18.2 Å². The first-order valence-electron chi connectivity index (χ1n) is 8.37. The number of ether oxygens (including phenoxy) is 2. The van der Waals surface area contributed by atoms with Crippen molar-refractivity contribution in [1.82, 2.24) is 4.90 Å². The molecule has 1 fully saturated rings. The van der Waals surface area contributed by atoms with Crippen LogP contribution in [0.25, 0.3) is 0 Å². The van der Waals surface area contributed by atoms with Gasteiger partial charge in [0.1, 0.15) is 23.2 Å². The van der Waals surface area contributed by atoms with Gasteiger partial charge in [-0.3, -0.25) is 4.79 Å². The monoisotopic (exact) mass is 341 g/mol. The number of para-hydroxylation sites is 1. The second kappa shape index (κ2) is 7.15. The highest BCUT2D eigenvalue weighted by atomic mass is 16.5. The van der Waals surface area contributed by atoms with E-state index in [0.29, 0.717) is 24.3 Å². The zero-order valence-electron chi connectivity index (χ0n) is 14.5. The zero-order valence-corrected chi connectivity index (χ0v) is 14.5. The molecule has 1 saturated heterocycles. The molecule has 2 aromatic carbocycles. The van der Waals surface area contributed by atoms with E-state index in [2.05, 4.69) is 0 Å². The molecule has 1 aliphatic rings. The number of benzene rings is 2. The first-order chi connectivity index (χ1) is 12.0. The number of hydrogen-bond acceptors (Lipinski definition) is 4. The fourth-order valence-electron chi connectivity index (χ4n) is 3.09. The third kappa shape index (κ3) is 3.94. The Morgan fingerprint density at radius 1 is 1.12 bits per heavy atom. The van der Waals surface area contributed by atoms with E-state index in [9.17, 15) is 9.90 Å². The highest BCUT2D eigenvalue weighted by Crippen LogP contribution is 2.27. The van der Waals surface area contributed by atoms with Crippen LogP contribution in [0, 0.1) is 0 Å². The third-order valence-electron chi connectivity index (χ3n) is 4.51. The molecule has 5 nitrogen and oxygen atoms in total. The van der Waals surface area contributed by atoms with Gasteiger partial charge in [0, 0.05) is 18.5 Å². The molecule has 1 aliphatic heterocycles. The van der Waals surface area contributed by atoms with Crippen molar-refractivity contribution in [2.75, 3.05) is 20.2 Å². The summed E-state index contributed by atoms with van der Waals surface area (Å²) in [5.74, 6) is 1.34. The summed E-state index contributed by atoms with van der Waals surface area (Å²) >= 11 is 0. The van der Waals surface area contributed by atoms with E-state index in [0.717, 1.165) is 5.75 Å². The lowest BCUT2D eigenvalue weighted by Gasteiger charge is -2.42. The van der Waals surface area contributed by atoms with E-state index in [1.54, 1.807) is 43.2 Å². The van der Waals surface area contributed by atoms with Crippen molar-refractivity contribution in [3.8, 4) is 11.5 Å². The summed E-state index contributed by atoms with van der Waals surface area (Å²) in [6.45, 7) is 2.49. The molecule has 0 unspecified atom stereocenters. The standard InChI is InChI=1S/C20H23NO4/c1-20(23)14-21(19(22)15-8-10-16(24-2)11-9-15)13-12-18(20)25-17-6-4-3-5-7-17/h3-11,18,23H,12-14H2,1-2H3/t18-,20-/m0/s1. The van der Waals surface area contributed by atoms with Crippen LogP contribution in [-0.2, 0) is 0 Å². The summed E-state index contributed by atoms with van der Waals surface area (Å²) in [5, 5.41) is 10.8. The number of likely N-dealkylation sites (tertiary alicyclic amines) is 1. The van der Waals surface area contributed by atoms with Gasteiger partial charge in [-0.2, -0.15) is 0 Å². The summed E-state index contributed by atoms with van der Waals surface area (Å²) < 4.78 is 11.0. The summed E-state index contributed by atoms with van der Waals surface area (Å²) in [6, 6.07) is 16.4. The van der Waals surface area contributed by atoms with Gasteiger partial charge in [0.15, 0.2) is 0 Å². The molecule has 0 spiro atoms. The maximum Gasteiger partial charge on any atom is 0.253 e. The van der Waals surface area contributed by atoms with E-state index in [1.807, 2.05) is 30.3 Å². The quantitative estimate of drug-likeness (QED) is 0.929. The molecule has 1 amide bonds. The van der Waals surface area contributed by atoms with Crippen LogP contribution in [-0.4, -0.2) is 47.8 Å². The molecule has 0 radical (unpaired) electrons. The minimum Gasteiger partial charge on any atom is -0.497 e. The van der Waals surface area contributed by atoms with E-state index in [4.69, 9.17) is 9.47 Å². The minimum atomic E-state index is -1.11. The normalized spacial score (nSPS) is 23.2. The van der Waals surface area contributed by atoms with Gasteiger partial charge in [0.05, 0.1) is 13.7 Å². The maximum atomic E-state index is 12.7. The molecule has 0 saturated carbocycles. The summed E-state index contributed by atoms with van der Waals surface area (Å²) in [4.78, 5) is 14.4. The molecule has 2 atom stereocenters. The number of methoxy groups -OCH3 is 1. The Morgan fingerprint density at radius 2 is 1.80 bits per heavy atom. The molecule has 25 heavy (non-hydrogen) atoms. The summed E-state index contributed by atoms with van der Waals surface area (Å²) in [5.41, 5.74) is -0.532. The van der Waals surface area contributed by atoms with E-state index in [-0.39, 0.29) is 18.6 Å². The van der Waals surface area contributed by atoms with Crippen LogP contribution in [0.3, 0.4) is 0 Å². The third-order valence-corrected chi connectivity index (χ3v) is 4.51. The minimum absolute atomic E-state index is 0.0962. The van der Waals surface area contributed by atoms with Crippen LogP contribution in [0.2, 0.25) is 0 Å². The average molecular weight is 341 g/mol. The van der Waals surface area contributed by atoms with Crippen molar-refractivity contribution in [3.05, 3.63) is 60.2 Å². The van der Waals surface area contributed by atoms with E-state index in [1.165, 1.54) is 0 Å². The Kier molecular flexibility index (Phi) is 4.95. The molecule has 0 aromatic heterocycles. The number of carbonyl (C=O) groups excluding carboxylic acids is 1. The number of rotatable bonds is 4. The molecule has 3 rings (SSSR count). The van der Waals surface area contributed by atoms with Crippen molar-refractivity contribution >= 4 is 5.91 Å². The number of amides is 1. The molecule has 132 valence electrons. The van der Waals surface area contributed by atoms with Crippen molar-refractivity contribution in [1.29, 1.82) is 0 Å². The number of hydrogen-bond donors (Lipinski definition) is 1. The van der Waals surface area contributed by atoms with E-state index >= 15 is 0 Å². The van der Waals surface area contributed by atoms with Crippen LogP contribution >= 0.6 is 0 Å². The number of β-amino-alcohol motifs (C(OH)–C–C–N with tert-alkyl or cyclic N) is 1. The fraction of sp³-hybridized carbons (Fsp3) is 0.350. The van der Waals surface area contributed by atoms with Crippen LogP contribution in [0.1, 0.15) is 23.7 Å². The molecule has 5 heteroatoms. The van der Waals surface area contributed by atoms with Crippen molar-refractivity contribution < 1.29 is 19.4 Å². The lowest BCUT2D eigenvalue weighted by atomic mass is 9.91. The molecule has 1 N–H and O–H groups in total. The van der Waals surface area contributed by atoms with Gasteiger partial charge in [-0.15, -0.1) is 0 Å². The Balaban J connectivity index is 1.67. The van der Waals surface area contributed by atoms with Crippen LogP contribution in [0.5, 0.6) is 11.5 Å². The van der Waals surface area contributed by atoms with Gasteiger partial charge in [0.25, 0.3) is 5.91 Å². The predicted molar refractivity (Wildman–Crippen MR) is 95.0 cm³/mol. The first kappa shape index (κ1) is 17.3. The van der Waals surface area contributed by atoms with Crippen molar-refractivity contribution in [3.63, 3.8) is 0 Å². The topological polar surface area (TPSA) is 59.0 Å². The van der Waals surface area contributed by atoms with Crippen LogP contribution < -0.4 is 9.47 Å². The molecule has 0 bridgehead atoms. The summed E-state index contributed by atoms with van der Waals surface area (Å²) in [7, 11) is 1.59. The second-order valence-electron chi connectivity index (χ2n) is 6.52. The van der Waals surface area contributed by atoms with Gasteiger partial charge in [0.2, 0.25) is 0 Å². The fourth-order valence-corrected chi connectivity index (χ4v) is 3.09. The Labute approximate surface area is 147 Å². The number of carbonyl (C=O) groups is 1. The van der Waals surface area contributed by atoms with Crippen molar-refractivity contribution in [2.24, 2.45) is 0 Å². The lowest BCUT2D eigenvalue weighted by molar-refractivity contribution is -0.0899. The van der Waals surface area contributed by atoms with Gasteiger partial charge in [-0.25, -0.2) is 0 Å².